The molecule has 1 aliphatic heterocycles. The minimum absolute atomic E-state index is 0.516. The molecule has 0 saturated carbocycles. The number of hydrogen-bond acceptors (Lipinski definition) is 2. The Labute approximate surface area is 463 Å². The van der Waals surface area contributed by atoms with Crippen LogP contribution in [0.5, 0.6) is 0 Å². The van der Waals surface area contributed by atoms with E-state index in [0.29, 0.717) is 0 Å². The maximum Gasteiger partial charge on any atom is 0.135 e. The first-order valence-corrected chi connectivity index (χ1v) is 27.6. The molecule has 372 valence electrons. The van der Waals surface area contributed by atoms with Crippen molar-refractivity contribution >= 4 is 71.6 Å². The van der Waals surface area contributed by atoms with Crippen molar-refractivity contribution in [2.45, 2.75) is 5.41 Å². The zero-order chi connectivity index (χ0) is 52.5. The summed E-state index contributed by atoms with van der Waals surface area (Å²) in [6, 6.07) is 108. The van der Waals surface area contributed by atoms with E-state index in [2.05, 4.69) is 289 Å². The maximum absolute atomic E-state index is 6.21. The Morgan fingerprint density at radius 2 is 0.863 bits per heavy atom. The topological polar surface area (TPSA) is 21.3 Å². The van der Waals surface area contributed by atoms with Gasteiger partial charge in [-0.2, -0.15) is 0 Å². The second kappa shape index (κ2) is 17.3. The standard InChI is InChI=1S/C77H48N2O/c1-2-15-49(16-3-1)50-29-31-52(32-30-50)60-17-5-10-25-71(60)78(58-40-35-51(36-41-58)56-39-44-75-66(47-56)64-20-7-13-28-74(64)80-75)59-42-37-54-45-53(33-34-55(54)46-59)57-38-43-62-61-18-4-8-22-67(61)77(70(62)48-57)68-23-9-12-27-73(68)79-72-26-11-6-19-63(72)65-21-14-24-69(77)76(65)79/h1-48H. The Hall–Kier alpha value is -10.5. The van der Waals surface area contributed by atoms with Gasteiger partial charge in [-0.05, 0) is 156 Å². The SMILES string of the molecule is c1ccc(-c2ccc(-c3ccccc3N(c3ccc(-c4ccc5oc6ccccc6c5c4)cc3)c3ccc4cc(-c5ccc6c(c5)C5(c7ccccc7-6)c6ccccc6-n6c7ccccc7c7cccc5c76)ccc4c3)cc2)cc1. The number of para-hydroxylation sites is 5. The summed E-state index contributed by atoms with van der Waals surface area (Å²) in [5.74, 6) is 0. The van der Waals surface area contributed by atoms with Crippen molar-refractivity contribution in [3.63, 3.8) is 0 Å². The predicted molar refractivity (Wildman–Crippen MR) is 333 cm³/mol. The van der Waals surface area contributed by atoms with Gasteiger partial charge >= 0.3 is 0 Å². The smallest absolute Gasteiger partial charge is 0.135 e. The molecule has 13 aromatic carbocycles. The molecule has 1 aliphatic carbocycles. The Balaban J connectivity index is 0.790. The van der Waals surface area contributed by atoms with Crippen molar-refractivity contribution in [1.29, 1.82) is 0 Å². The second-order valence-electron chi connectivity index (χ2n) is 21.5. The van der Waals surface area contributed by atoms with E-state index in [4.69, 9.17) is 4.42 Å². The van der Waals surface area contributed by atoms with Crippen molar-refractivity contribution in [2.75, 3.05) is 4.90 Å². The second-order valence-corrected chi connectivity index (χ2v) is 21.5. The van der Waals surface area contributed by atoms with Crippen LogP contribution in [0, 0.1) is 0 Å². The Kier molecular flexibility index (Phi) is 9.63. The Morgan fingerprint density at radius 1 is 0.300 bits per heavy atom. The molecule has 3 nitrogen and oxygen atoms in total. The first-order valence-electron chi connectivity index (χ1n) is 27.6. The van der Waals surface area contributed by atoms with Crippen LogP contribution >= 0.6 is 0 Å². The van der Waals surface area contributed by atoms with Crippen LogP contribution in [0.25, 0.3) is 116 Å². The molecule has 17 rings (SSSR count). The third-order valence-corrected chi connectivity index (χ3v) is 17.4. The maximum atomic E-state index is 6.21. The molecule has 1 unspecified atom stereocenters. The first-order chi connectivity index (χ1) is 39.7. The highest BCUT2D eigenvalue weighted by atomic mass is 16.3. The van der Waals surface area contributed by atoms with Gasteiger partial charge in [0.25, 0.3) is 0 Å². The first kappa shape index (κ1) is 44.6. The van der Waals surface area contributed by atoms with Gasteiger partial charge in [-0.25, -0.2) is 0 Å². The quantitative estimate of drug-likeness (QED) is 0.159. The highest BCUT2D eigenvalue weighted by Gasteiger charge is 2.51. The molecule has 0 saturated heterocycles. The molecule has 80 heavy (non-hydrogen) atoms. The molecule has 0 radical (unpaired) electrons. The Bertz CT molecular complexity index is 5000. The summed E-state index contributed by atoms with van der Waals surface area (Å²) < 4.78 is 8.73. The van der Waals surface area contributed by atoms with Gasteiger partial charge in [0, 0.05) is 38.5 Å². The van der Waals surface area contributed by atoms with Gasteiger partial charge in [0.15, 0.2) is 0 Å². The normalized spacial score (nSPS) is 14.1. The summed E-state index contributed by atoms with van der Waals surface area (Å²) in [4.78, 5) is 2.42. The molecule has 1 spiro atoms. The van der Waals surface area contributed by atoms with Gasteiger partial charge in [0.05, 0.1) is 27.8 Å². The number of nitrogens with zero attached hydrogens (tertiary/aromatic N) is 2. The highest BCUT2D eigenvalue weighted by Crippen LogP contribution is 2.61. The van der Waals surface area contributed by atoms with Crippen molar-refractivity contribution in [3.05, 3.63) is 313 Å². The van der Waals surface area contributed by atoms with Gasteiger partial charge in [0.2, 0.25) is 0 Å². The molecule has 2 aromatic heterocycles. The van der Waals surface area contributed by atoms with Crippen molar-refractivity contribution in [2.24, 2.45) is 0 Å². The molecular formula is C77H48N2O. The lowest BCUT2D eigenvalue weighted by molar-refractivity contribution is 0.669. The van der Waals surface area contributed by atoms with Crippen LogP contribution in [0.1, 0.15) is 22.3 Å². The van der Waals surface area contributed by atoms with E-state index in [1.807, 2.05) is 12.1 Å². The number of anilines is 3. The molecule has 0 fully saturated rings. The summed E-state index contributed by atoms with van der Waals surface area (Å²) in [5.41, 5.74) is 25.6. The number of fused-ring (bicyclic) bond motifs is 16. The number of aromatic nitrogens is 1. The fourth-order valence-electron chi connectivity index (χ4n) is 13.8. The summed E-state index contributed by atoms with van der Waals surface area (Å²) in [5, 5.41) is 7.18. The van der Waals surface area contributed by atoms with Crippen LogP contribution in [0.15, 0.2) is 296 Å². The molecular weight excluding hydrogens is 969 g/mol. The number of furan rings is 1. The number of rotatable bonds is 7. The van der Waals surface area contributed by atoms with Gasteiger partial charge in [-0.15, -0.1) is 0 Å². The molecule has 2 aliphatic rings. The van der Waals surface area contributed by atoms with E-state index in [-0.39, 0.29) is 0 Å². The molecule has 0 amide bonds. The summed E-state index contributed by atoms with van der Waals surface area (Å²) in [6.45, 7) is 0. The lowest BCUT2D eigenvalue weighted by atomic mass is 9.65. The van der Waals surface area contributed by atoms with Crippen LogP contribution in [-0.2, 0) is 5.41 Å². The minimum atomic E-state index is -0.516. The summed E-state index contributed by atoms with van der Waals surface area (Å²) in [7, 11) is 0. The van der Waals surface area contributed by atoms with Crippen LogP contribution in [0.4, 0.5) is 17.1 Å². The summed E-state index contributed by atoms with van der Waals surface area (Å²) in [6.07, 6.45) is 0. The molecule has 3 heterocycles. The third kappa shape index (κ3) is 6.49. The fraction of sp³-hybridized carbons (Fsp3) is 0.0130. The molecule has 0 N–H and O–H groups in total. The largest absolute Gasteiger partial charge is 0.456 e. The van der Waals surface area contributed by atoms with Gasteiger partial charge < -0.3 is 13.9 Å². The van der Waals surface area contributed by atoms with Gasteiger partial charge in [-0.3, -0.25) is 0 Å². The van der Waals surface area contributed by atoms with Crippen molar-refractivity contribution < 1.29 is 4.42 Å². The van der Waals surface area contributed by atoms with Crippen molar-refractivity contribution in [3.8, 4) is 61.3 Å². The van der Waals surface area contributed by atoms with E-state index >= 15 is 0 Å². The fourth-order valence-corrected chi connectivity index (χ4v) is 13.8. The van der Waals surface area contributed by atoms with E-state index in [0.717, 1.165) is 61.3 Å². The van der Waals surface area contributed by atoms with Gasteiger partial charge in [0.1, 0.15) is 11.2 Å². The van der Waals surface area contributed by atoms with Crippen LogP contribution in [0.3, 0.4) is 0 Å². The van der Waals surface area contributed by atoms with E-state index < -0.39 is 5.41 Å². The molecule has 1 atom stereocenters. The van der Waals surface area contributed by atoms with Crippen LogP contribution in [-0.4, -0.2) is 4.57 Å². The lowest BCUT2D eigenvalue weighted by Gasteiger charge is -2.39. The monoisotopic (exact) mass is 1020 g/mol. The average molecular weight is 1020 g/mol. The molecule has 15 aromatic rings. The van der Waals surface area contributed by atoms with E-state index in [9.17, 15) is 0 Å². The zero-order valence-corrected chi connectivity index (χ0v) is 43.5. The minimum Gasteiger partial charge on any atom is -0.456 e. The number of benzene rings is 13. The molecule has 3 heteroatoms. The van der Waals surface area contributed by atoms with E-state index in [1.165, 1.54) is 93.9 Å². The van der Waals surface area contributed by atoms with Crippen molar-refractivity contribution in [1.82, 2.24) is 4.57 Å². The molecule has 0 bridgehead atoms. The predicted octanol–water partition coefficient (Wildman–Crippen LogP) is 20.7. The zero-order valence-electron chi connectivity index (χ0n) is 43.5. The highest BCUT2D eigenvalue weighted by molar-refractivity contribution is 6.13. The number of hydrogen-bond donors (Lipinski definition) is 0. The lowest BCUT2D eigenvalue weighted by Crippen LogP contribution is -2.33. The third-order valence-electron chi connectivity index (χ3n) is 17.4. The van der Waals surface area contributed by atoms with E-state index in [1.54, 1.807) is 0 Å². The summed E-state index contributed by atoms with van der Waals surface area (Å²) >= 11 is 0. The van der Waals surface area contributed by atoms with Crippen LogP contribution < -0.4 is 4.90 Å². The average Bonchev–Trinajstić information content (AvgIpc) is 4.28. The van der Waals surface area contributed by atoms with Gasteiger partial charge in [-0.1, -0.05) is 218 Å². The van der Waals surface area contributed by atoms with Crippen LogP contribution in [0.2, 0.25) is 0 Å². The Morgan fingerprint density at radius 3 is 1.75 bits per heavy atom.